The van der Waals surface area contributed by atoms with Gasteiger partial charge in [0.1, 0.15) is 11.5 Å². The van der Waals surface area contributed by atoms with Crippen LogP contribution in [0.2, 0.25) is 0 Å². The maximum absolute atomic E-state index is 13.1. The SMILES string of the molecule is COc1ccc(N(C(=O)CC(C)C)C2CCN(Cc3cccc(OC)c3)CC2)cc1. The third-order valence-corrected chi connectivity index (χ3v) is 5.66. The van der Waals surface area contributed by atoms with Crippen molar-refractivity contribution in [2.45, 2.75) is 45.7 Å². The third kappa shape index (κ3) is 5.76. The lowest BCUT2D eigenvalue weighted by Gasteiger charge is -2.39. The number of likely N-dealkylation sites (tertiary alicyclic amines) is 1. The van der Waals surface area contributed by atoms with E-state index in [4.69, 9.17) is 9.47 Å². The fourth-order valence-electron chi connectivity index (χ4n) is 4.11. The molecule has 162 valence electrons. The Labute approximate surface area is 180 Å². The van der Waals surface area contributed by atoms with Crippen LogP contribution in [-0.4, -0.2) is 44.2 Å². The van der Waals surface area contributed by atoms with Crippen molar-refractivity contribution < 1.29 is 14.3 Å². The summed E-state index contributed by atoms with van der Waals surface area (Å²) in [6, 6.07) is 16.4. The number of hydrogen-bond donors (Lipinski definition) is 0. The third-order valence-electron chi connectivity index (χ3n) is 5.66. The van der Waals surface area contributed by atoms with Crippen LogP contribution in [0.15, 0.2) is 48.5 Å². The Morgan fingerprint density at radius 1 is 1.03 bits per heavy atom. The van der Waals surface area contributed by atoms with Crippen LogP contribution < -0.4 is 14.4 Å². The smallest absolute Gasteiger partial charge is 0.227 e. The van der Waals surface area contributed by atoms with Crippen molar-refractivity contribution in [1.29, 1.82) is 0 Å². The van der Waals surface area contributed by atoms with Crippen LogP contribution in [0.1, 0.15) is 38.7 Å². The van der Waals surface area contributed by atoms with Crippen LogP contribution in [0.25, 0.3) is 0 Å². The molecule has 0 aliphatic carbocycles. The highest BCUT2D eigenvalue weighted by atomic mass is 16.5. The summed E-state index contributed by atoms with van der Waals surface area (Å²) < 4.78 is 10.6. The fraction of sp³-hybridized carbons (Fsp3) is 0.480. The number of benzene rings is 2. The van der Waals surface area contributed by atoms with Crippen LogP contribution in [0, 0.1) is 5.92 Å². The van der Waals surface area contributed by atoms with Crippen LogP contribution in [-0.2, 0) is 11.3 Å². The molecule has 0 bridgehead atoms. The molecule has 1 fully saturated rings. The van der Waals surface area contributed by atoms with Gasteiger partial charge in [-0.25, -0.2) is 0 Å². The second-order valence-electron chi connectivity index (χ2n) is 8.42. The van der Waals surface area contributed by atoms with Gasteiger partial charge in [0.25, 0.3) is 0 Å². The molecule has 1 heterocycles. The molecule has 30 heavy (non-hydrogen) atoms. The van der Waals surface area contributed by atoms with E-state index in [2.05, 4.69) is 30.9 Å². The van der Waals surface area contributed by atoms with Crippen molar-refractivity contribution >= 4 is 11.6 Å². The molecule has 3 rings (SSSR count). The molecule has 0 unspecified atom stereocenters. The van der Waals surface area contributed by atoms with Crippen LogP contribution in [0.4, 0.5) is 5.69 Å². The summed E-state index contributed by atoms with van der Waals surface area (Å²) >= 11 is 0. The first-order valence-corrected chi connectivity index (χ1v) is 10.8. The number of ether oxygens (including phenoxy) is 2. The summed E-state index contributed by atoms with van der Waals surface area (Å²) in [6.45, 7) is 7.06. The molecule has 1 saturated heterocycles. The minimum atomic E-state index is 0.210. The Kier molecular flexibility index (Phi) is 7.75. The highest BCUT2D eigenvalue weighted by Gasteiger charge is 2.29. The predicted molar refractivity (Wildman–Crippen MR) is 121 cm³/mol. The maximum Gasteiger partial charge on any atom is 0.227 e. The fourth-order valence-corrected chi connectivity index (χ4v) is 4.11. The van der Waals surface area contributed by atoms with Gasteiger partial charge >= 0.3 is 0 Å². The number of carbonyl (C=O) groups excluding carboxylic acids is 1. The van der Waals surface area contributed by atoms with Gasteiger partial charge in [0.05, 0.1) is 14.2 Å². The summed E-state index contributed by atoms with van der Waals surface area (Å²) in [5.74, 6) is 2.25. The average molecular weight is 411 g/mol. The van der Waals surface area contributed by atoms with E-state index in [9.17, 15) is 4.79 Å². The number of piperidine rings is 1. The number of rotatable bonds is 8. The first-order chi connectivity index (χ1) is 14.5. The molecule has 1 aliphatic rings. The lowest BCUT2D eigenvalue weighted by atomic mass is 9.99. The molecule has 1 aliphatic heterocycles. The van der Waals surface area contributed by atoms with Crippen LogP contribution in [0.5, 0.6) is 11.5 Å². The Morgan fingerprint density at radius 3 is 2.30 bits per heavy atom. The van der Waals surface area contributed by atoms with Gasteiger partial charge in [0, 0.05) is 37.8 Å². The van der Waals surface area contributed by atoms with Crippen molar-refractivity contribution in [2.75, 3.05) is 32.2 Å². The second-order valence-corrected chi connectivity index (χ2v) is 8.42. The first-order valence-electron chi connectivity index (χ1n) is 10.8. The zero-order valence-corrected chi connectivity index (χ0v) is 18.6. The highest BCUT2D eigenvalue weighted by molar-refractivity contribution is 5.94. The van der Waals surface area contributed by atoms with Gasteiger partial charge in [0.15, 0.2) is 0 Å². The molecule has 0 saturated carbocycles. The summed E-state index contributed by atoms with van der Waals surface area (Å²) in [7, 11) is 3.36. The number of nitrogens with zero attached hydrogens (tertiary/aromatic N) is 2. The molecule has 0 atom stereocenters. The highest BCUT2D eigenvalue weighted by Crippen LogP contribution is 2.28. The molecule has 2 aromatic carbocycles. The van der Waals surface area contributed by atoms with Crippen molar-refractivity contribution in [3.05, 3.63) is 54.1 Å². The van der Waals surface area contributed by atoms with Gasteiger partial charge in [-0.15, -0.1) is 0 Å². The van der Waals surface area contributed by atoms with Gasteiger partial charge in [-0.2, -0.15) is 0 Å². The molecule has 5 heteroatoms. The monoisotopic (exact) mass is 410 g/mol. The van der Waals surface area contributed by atoms with Crippen molar-refractivity contribution in [3.63, 3.8) is 0 Å². The second kappa shape index (κ2) is 10.5. The minimum Gasteiger partial charge on any atom is -0.497 e. The summed E-state index contributed by atoms with van der Waals surface area (Å²) in [6.07, 6.45) is 2.51. The number of hydrogen-bond acceptors (Lipinski definition) is 4. The lowest BCUT2D eigenvalue weighted by molar-refractivity contribution is -0.120. The summed E-state index contributed by atoms with van der Waals surface area (Å²) in [5, 5.41) is 0. The number of methoxy groups -OCH3 is 2. The minimum absolute atomic E-state index is 0.210. The quantitative estimate of drug-likeness (QED) is 0.630. The largest absolute Gasteiger partial charge is 0.497 e. The van der Waals surface area contributed by atoms with Crippen molar-refractivity contribution in [2.24, 2.45) is 5.92 Å². The molecule has 0 radical (unpaired) electrons. The van der Waals surface area contributed by atoms with Crippen molar-refractivity contribution in [1.82, 2.24) is 4.90 Å². The van der Waals surface area contributed by atoms with E-state index in [1.807, 2.05) is 41.3 Å². The van der Waals surface area contributed by atoms with Gasteiger partial charge in [-0.1, -0.05) is 26.0 Å². The van der Waals surface area contributed by atoms with Gasteiger partial charge < -0.3 is 14.4 Å². The van der Waals surface area contributed by atoms with Crippen molar-refractivity contribution in [3.8, 4) is 11.5 Å². The molecule has 0 N–H and O–H groups in total. The normalized spacial score (nSPS) is 15.2. The maximum atomic E-state index is 13.1. The molecular weight excluding hydrogens is 376 g/mol. The predicted octanol–water partition coefficient (Wildman–Crippen LogP) is 4.75. The van der Waals surface area contributed by atoms with E-state index in [1.54, 1.807) is 14.2 Å². The standard InChI is InChI=1S/C25H34N2O3/c1-19(2)16-25(28)27(21-8-10-23(29-3)11-9-21)22-12-14-26(15-13-22)18-20-6-5-7-24(17-20)30-4/h5-11,17,19,22H,12-16,18H2,1-4H3. The number of carbonyl (C=O) groups is 1. The summed E-state index contributed by atoms with van der Waals surface area (Å²) in [5.41, 5.74) is 2.23. The van der Waals surface area contributed by atoms with Gasteiger partial charge in [0.2, 0.25) is 5.91 Å². The molecular formula is C25H34N2O3. The molecule has 5 nitrogen and oxygen atoms in total. The summed E-state index contributed by atoms with van der Waals surface area (Å²) in [4.78, 5) is 17.6. The molecule has 2 aromatic rings. The molecule has 0 spiro atoms. The lowest BCUT2D eigenvalue weighted by Crippen LogP contribution is -2.47. The molecule has 1 amide bonds. The van der Waals surface area contributed by atoms with Crippen LogP contribution >= 0.6 is 0 Å². The van der Waals surface area contributed by atoms with E-state index in [0.717, 1.165) is 49.7 Å². The van der Waals surface area contributed by atoms with E-state index in [1.165, 1.54) is 5.56 Å². The Bertz CT molecular complexity index is 811. The zero-order chi connectivity index (χ0) is 21.5. The van der Waals surface area contributed by atoms with Gasteiger partial charge in [-0.05, 0) is 60.7 Å². The van der Waals surface area contributed by atoms with E-state index < -0.39 is 0 Å². The zero-order valence-electron chi connectivity index (χ0n) is 18.6. The number of amides is 1. The Hall–Kier alpha value is -2.53. The van der Waals surface area contributed by atoms with Crippen LogP contribution in [0.3, 0.4) is 0 Å². The molecule has 0 aromatic heterocycles. The Balaban J connectivity index is 1.68. The van der Waals surface area contributed by atoms with E-state index >= 15 is 0 Å². The first kappa shape index (κ1) is 22.2. The van der Waals surface area contributed by atoms with Gasteiger partial charge in [-0.3, -0.25) is 9.69 Å². The van der Waals surface area contributed by atoms with E-state index in [0.29, 0.717) is 12.3 Å². The average Bonchev–Trinajstić information content (AvgIpc) is 2.75. The Morgan fingerprint density at radius 2 is 1.70 bits per heavy atom. The number of anilines is 1. The topological polar surface area (TPSA) is 42.0 Å². The van der Waals surface area contributed by atoms with E-state index in [-0.39, 0.29) is 11.9 Å².